The van der Waals surface area contributed by atoms with E-state index in [1.807, 2.05) is 0 Å². The molecule has 0 radical (unpaired) electrons. The van der Waals surface area contributed by atoms with E-state index in [2.05, 4.69) is 26.1 Å². The van der Waals surface area contributed by atoms with Crippen LogP contribution in [0.15, 0.2) is 0 Å². The highest BCUT2D eigenvalue weighted by Gasteiger charge is 2.32. The van der Waals surface area contributed by atoms with Crippen LogP contribution in [0.4, 0.5) is 0 Å². The molecule has 0 atom stereocenters. The van der Waals surface area contributed by atoms with Crippen molar-refractivity contribution in [3.05, 3.63) is 0 Å². The Morgan fingerprint density at radius 2 is 1.80 bits per heavy atom. The van der Waals surface area contributed by atoms with Crippen LogP contribution in [0, 0.1) is 5.41 Å². The highest BCUT2D eigenvalue weighted by molar-refractivity contribution is 4.86. The summed E-state index contributed by atoms with van der Waals surface area (Å²) in [5, 5.41) is 3.68. The fourth-order valence-corrected chi connectivity index (χ4v) is 2.57. The van der Waals surface area contributed by atoms with Crippen molar-refractivity contribution >= 4 is 0 Å². The van der Waals surface area contributed by atoms with Crippen molar-refractivity contribution in [1.82, 2.24) is 5.32 Å². The van der Waals surface area contributed by atoms with Gasteiger partial charge in [0.25, 0.3) is 0 Å². The van der Waals surface area contributed by atoms with E-state index >= 15 is 0 Å². The maximum Gasteiger partial charge on any atom is 0.0700 e. The second kappa shape index (κ2) is 8.98. The van der Waals surface area contributed by atoms with Crippen molar-refractivity contribution in [2.24, 2.45) is 5.41 Å². The summed E-state index contributed by atoms with van der Waals surface area (Å²) < 4.78 is 16.1. The van der Waals surface area contributed by atoms with Crippen LogP contribution in [0.25, 0.3) is 0 Å². The molecule has 1 fully saturated rings. The molecular formula is C16H33NO3. The lowest BCUT2D eigenvalue weighted by Gasteiger charge is -2.39. The predicted octanol–water partition coefficient (Wildman–Crippen LogP) is 2.61. The molecule has 1 saturated heterocycles. The third kappa shape index (κ3) is 7.58. The highest BCUT2D eigenvalue weighted by atomic mass is 16.5. The van der Waals surface area contributed by atoms with Gasteiger partial charge in [-0.3, -0.25) is 0 Å². The van der Waals surface area contributed by atoms with Gasteiger partial charge >= 0.3 is 0 Å². The van der Waals surface area contributed by atoms with Gasteiger partial charge in [0.1, 0.15) is 0 Å². The number of hydrogen-bond acceptors (Lipinski definition) is 4. The first-order chi connectivity index (χ1) is 9.47. The molecule has 0 amide bonds. The van der Waals surface area contributed by atoms with Crippen LogP contribution in [-0.2, 0) is 14.2 Å². The normalized spacial score (nSPS) is 19.2. The van der Waals surface area contributed by atoms with Crippen LogP contribution >= 0.6 is 0 Å². The Hall–Kier alpha value is -0.160. The Morgan fingerprint density at radius 3 is 2.40 bits per heavy atom. The molecule has 0 unspecified atom stereocenters. The van der Waals surface area contributed by atoms with Gasteiger partial charge in [-0.1, -0.05) is 0 Å². The summed E-state index contributed by atoms with van der Waals surface area (Å²) in [5.41, 5.74) is 0.566. The van der Waals surface area contributed by atoms with Crippen LogP contribution in [0.2, 0.25) is 0 Å². The first-order valence-corrected chi connectivity index (χ1v) is 7.87. The Morgan fingerprint density at radius 1 is 1.10 bits per heavy atom. The fraction of sp³-hybridized carbons (Fsp3) is 1.00. The Labute approximate surface area is 124 Å². The Bertz CT molecular complexity index is 245. The van der Waals surface area contributed by atoms with Gasteiger partial charge in [0.15, 0.2) is 0 Å². The lowest BCUT2D eigenvalue weighted by Crippen LogP contribution is -2.46. The van der Waals surface area contributed by atoms with Gasteiger partial charge in [0.05, 0.1) is 13.2 Å². The first kappa shape index (κ1) is 17.9. The van der Waals surface area contributed by atoms with E-state index in [4.69, 9.17) is 14.2 Å². The van der Waals surface area contributed by atoms with Crippen LogP contribution < -0.4 is 5.32 Å². The number of methoxy groups -OCH3 is 1. The summed E-state index contributed by atoms with van der Waals surface area (Å²) in [6, 6.07) is 0. The largest absolute Gasteiger partial charge is 0.382 e. The highest BCUT2D eigenvalue weighted by Crippen LogP contribution is 2.35. The molecule has 0 bridgehead atoms. The Balaban J connectivity index is 2.31. The monoisotopic (exact) mass is 287 g/mol. The summed E-state index contributed by atoms with van der Waals surface area (Å²) in [4.78, 5) is 0. The van der Waals surface area contributed by atoms with E-state index in [9.17, 15) is 0 Å². The molecule has 0 aromatic rings. The molecule has 4 heteroatoms. The number of nitrogens with one attached hydrogen (secondary N) is 1. The van der Waals surface area contributed by atoms with Crippen molar-refractivity contribution in [1.29, 1.82) is 0 Å². The Kier molecular flexibility index (Phi) is 8.03. The topological polar surface area (TPSA) is 39.7 Å². The minimum Gasteiger partial charge on any atom is -0.382 e. The quantitative estimate of drug-likeness (QED) is 0.662. The smallest absolute Gasteiger partial charge is 0.0700 e. The molecule has 0 aliphatic carbocycles. The molecule has 1 heterocycles. The van der Waals surface area contributed by atoms with Crippen LogP contribution in [0.1, 0.15) is 46.5 Å². The van der Waals surface area contributed by atoms with E-state index in [0.29, 0.717) is 18.6 Å². The summed E-state index contributed by atoms with van der Waals surface area (Å²) in [6.45, 7) is 11.8. The summed E-state index contributed by atoms with van der Waals surface area (Å²) >= 11 is 0. The van der Waals surface area contributed by atoms with E-state index in [1.165, 1.54) is 6.42 Å². The van der Waals surface area contributed by atoms with E-state index in [-0.39, 0.29) is 5.54 Å². The second-order valence-corrected chi connectivity index (χ2v) is 6.92. The zero-order valence-corrected chi connectivity index (χ0v) is 13.8. The second-order valence-electron chi connectivity index (χ2n) is 6.92. The molecule has 1 rings (SSSR count). The molecule has 1 aliphatic rings. The molecule has 20 heavy (non-hydrogen) atoms. The molecule has 0 aromatic carbocycles. The molecule has 1 N–H and O–H groups in total. The molecular weight excluding hydrogens is 254 g/mol. The van der Waals surface area contributed by atoms with Gasteiger partial charge in [-0.15, -0.1) is 0 Å². The average molecular weight is 287 g/mol. The van der Waals surface area contributed by atoms with Crippen molar-refractivity contribution < 1.29 is 14.2 Å². The number of ether oxygens (including phenoxy) is 3. The van der Waals surface area contributed by atoms with Crippen molar-refractivity contribution in [2.75, 3.05) is 46.7 Å². The minimum atomic E-state index is 0.181. The van der Waals surface area contributed by atoms with E-state index < -0.39 is 0 Å². The van der Waals surface area contributed by atoms with Crippen molar-refractivity contribution in [3.63, 3.8) is 0 Å². The predicted molar refractivity (Wildman–Crippen MR) is 82.2 cm³/mol. The summed E-state index contributed by atoms with van der Waals surface area (Å²) in [7, 11) is 1.71. The molecule has 0 aromatic heterocycles. The molecule has 0 spiro atoms. The molecule has 0 saturated carbocycles. The van der Waals surface area contributed by atoms with Gasteiger partial charge in [0, 0.05) is 39.0 Å². The number of rotatable bonds is 9. The molecule has 120 valence electrons. The fourth-order valence-electron chi connectivity index (χ4n) is 2.57. The maximum atomic E-state index is 5.58. The number of hydrogen-bond donors (Lipinski definition) is 1. The lowest BCUT2D eigenvalue weighted by atomic mass is 9.76. The van der Waals surface area contributed by atoms with Gasteiger partial charge < -0.3 is 19.5 Å². The zero-order valence-electron chi connectivity index (χ0n) is 13.8. The summed E-state index contributed by atoms with van der Waals surface area (Å²) in [5.74, 6) is 0. The van der Waals surface area contributed by atoms with Gasteiger partial charge in [-0.2, -0.15) is 0 Å². The van der Waals surface area contributed by atoms with Gasteiger partial charge in [-0.25, -0.2) is 0 Å². The first-order valence-electron chi connectivity index (χ1n) is 7.87. The lowest BCUT2D eigenvalue weighted by molar-refractivity contribution is 0.000163. The maximum absolute atomic E-state index is 5.58. The van der Waals surface area contributed by atoms with Crippen LogP contribution in [0.3, 0.4) is 0 Å². The molecule has 1 aliphatic heterocycles. The average Bonchev–Trinajstić information content (AvgIpc) is 2.41. The third-order valence-electron chi connectivity index (χ3n) is 3.97. The minimum absolute atomic E-state index is 0.181. The molecule has 4 nitrogen and oxygen atoms in total. The van der Waals surface area contributed by atoms with E-state index in [0.717, 1.165) is 45.6 Å². The summed E-state index contributed by atoms with van der Waals surface area (Å²) in [6.07, 6.45) is 4.66. The standard InChI is InChI=1S/C16H33NO3/c1-15(2,3)17-14-16(7-10-20-11-8-16)6-5-9-19-13-12-18-4/h17H,5-14H2,1-4H3. The van der Waals surface area contributed by atoms with Crippen LogP contribution in [-0.4, -0.2) is 52.2 Å². The SMILES string of the molecule is COCCOCCCC1(CNC(C)(C)C)CCOCC1. The van der Waals surface area contributed by atoms with Crippen LogP contribution in [0.5, 0.6) is 0 Å². The third-order valence-corrected chi connectivity index (χ3v) is 3.97. The zero-order chi connectivity index (χ0) is 14.9. The van der Waals surface area contributed by atoms with Crippen molar-refractivity contribution in [2.45, 2.75) is 52.0 Å². The van der Waals surface area contributed by atoms with Gasteiger partial charge in [0.2, 0.25) is 0 Å². The van der Waals surface area contributed by atoms with E-state index in [1.54, 1.807) is 7.11 Å². The van der Waals surface area contributed by atoms with Crippen molar-refractivity contribution in [3.8, 4) is 0 Å². The van der Waals surface area contributed by atoms with Gasteiger partial charge in [-0.05, 0) is 51.9 Å².